The molecule has 0 saturated heterocycles. The van der Waals surface area contributed by atoms with Gasteiger partial charge in [0.05, 0.1) is 11.7 Å². The zero-order valence-corrected chi connectivity index (χ0v) is 7.98. The van der Waals surface area contributed by atoms with Crippen molar-refractivity contribution < 1.29 is 4.74 Å². The van der Waals surface area contributed by atoms with Gasteiger partial charge < -0.3 is 4.74 Å². The van der Waals surface area contributed by atoms with Gasteiger partial charge in [0.25, 0.3) is 0 Å². The molecule has 0 aromatic heterocycles. The molecule has 0 aliphatic carbocycles. The van der Waals surface area contributed by atoms with Crippen LogP contribution in [-0.2, 0) is 4.74 Å². The zero-order valence-electron chi connectivity index (χ0n) is 7.98. The normalized spacial score (nSPS) is 38.5. The van der Waals surface area contributed by atoms with Crippen LogP contribution in [-0.4, -0.2) is 11.7 Å². The third kappa shape index (κ3) is 2.06. The van der Waals surface area contributed by atoms with Crippen molar-refractivity contribution >= 4 is 0 Å². The Hall–Kier alpha value is -0.300. The van der Waals surface area contributed by atoms with Gasteiger partial charge in [-0.25, -0.2) is 0 Å². The molecule has 64 valence electrons. The monoisotopic (exact) mass is 154 g/mol. The quantitative estimate of drug-likeness (QED) is 0.528. The van der Waals surface area contributed by atoms with Crippen molar-refractivity contribution in [2.45, 2.75) is 52.2 Å². The van der Waals surface area contributed by atoms with Gasteiger partial charge in [-0.1, -0.05) is 18.6 Å². The van der Waals surface area contributed by atoms with Gasteiger partial charge in [-0.3, -0.25) is 0 Å². The summed E-state index contributed by atoms with van der Waals surface area (Å²) in [7, 11) is 0. The Morgan fingerprint density at radius 1 is 1.73 bits per heavy atom. The van der Waals surface area contributed by atoms with Gasteiger partial charge in [0, 0.05) is 0 Å². The van der Waals surface area contributed by atoms with Crippen LogP contribution in [0.4, 0.5) is 0 Å². The fourth-order valence-corrected chi connectivity index (χ4v) is 1.75. The molecule has 0 fully saturated rings. The molecule has 1 nitrogen and oxygen atoms in total. The molecule has 1 heteroatoms. The van der Waals surface area contributed by atoms with Crippen molar-refractivity contribution in [3.8, 4) is 0 Å². The average Bonchev–Trinajstić information content (AvgIpc) is 1.84. The number of hydrogen-bond donors (Lipinski definition) is 0. The van der Waals surface area contributed by atoms with E-state index in [-0.39, 0.29) is 5.60 Å². The lowest BCUT2D eigenvalue weighted by Crippen LogP contribution is -2.33. The van der Waals surface area contributed by atoms with Crippen molar-refractivity contribution in [1.29, 1.82) is 0 Å². The molecule has 0 N–H and O–H groups in total. The Morgan fingerprint density at radius 3 is 2.82 bits per heavy atom. The summed E-state index contributed by atoms with van der Waals surface area (Å²) in [4.78, 5) is 0. The molecular formula is C10H18O. The molecule has 1 aliphatic heterocycles. The lowest BCUT2D eigenvalue weighted by atomic mass is 9.94. The average molecular weight is 154 g/mol. The van der Waals surface area contributed by atoms with E-state index in [4.69, 9.17) is 4.74 Å². The van der Waals surface area contributed by atoms with Crippen LogP contribution < -0.4 is 0 Å². The van der Waals surface area contributed by atoms with E-state index in [0.717, 1.165) is 12.8 Å². The van der Waals surface area contributed by atoms with Crippen molar-refractivity contribution in [2.24, 2.45) is 0 Å². The van der Waals surface area contributed by atoms with Gasteiger partial charge in [-0.15, -0.1) is 0 Å². The highest BCUT2D eigenvalue weighted by Gasteiger charge is 2.26. The maximum absolute atomic E-state index is 5.82. The van der Waals surface area contributed by atoms with E-state index in [9.17, 15) is 0 Å². The topological polar surface area (TPSA) is 9.23 Å². The summed E-state index contributed by atoms with van der Waals surface area (Å²) in [6, 6.07) is 0. The van der Waals surface area contributed by atoms with Crippen molar-refractivity contribution in [1.82, 2.24) is 0 Å². The first-order valence-electron chi connectivity index (χ1n) is 4.42. The predicted octanol–water partition coefficient (Wildman–Crippen LogP) is 2.91. The molecule has 2 atom stereocenters. The second kappa shape index (κ2) is 2.98. The Labute approximate surface area is 69.4 Å². The van der Waals surface area contributed by atoms with E-state index in [2.05, 4.69) is 33.8 Å². The highest BCUT2D eigenvalue weighted by Crippen LogP contribution is 2.28. The second-order valence-electron chi connectivity index (χ2n) is 3.79. The lowest BCUT2D eigenvalue weighted by Gasteiger charge is -2.34. The van der Waals surface area contributed by atoms with Crippen LogP contribution in [0.5, 0.6) is 0 Å². The van der Waals surface area contributed by atoms with E-state index in [1.807, 2.05) is 0 Å². The number of hydrogen-bond acceptors (Lipinski definition) is 1. The number of ether oxygens (including phenoxy) is 1. The molecule has 0 aromatic rings. The first kappa shape index (κ1) is 8.79. The van der Waals surface area contributed by atoms with E-state index in [0.29, 0.717) is 6.10 Å². The molecule has 1 aliphatic rings. The van der Waals surface area contributed by atoms with E-state index in [1.54, 1.807) is 0 Å². The molecule has 0 bridgehead atoms. The first-order valence-corrected chi connectivity index (χ1v) is 4.42. The smallest absolute Gasteiger partial charge is 0.0838 e. The highest BCUT2D eigenvalue weighted by molar-refractivity contribution is 5.12. The van der Waals surface area contributed by atoms with Crippen LogP contribution in [0, 0.1) is 0 Å². The standard InChI is InChI=1S/C10H18O/c1-5-10(4)7-8(2)6-9(3)11-10/h7,9H,5-6H2,1-4H3. The molecular weight excluding hydrogens is 136 g/mol. The summed E-state index contributed by atoms with van der Waals surface area (Å²) in [5, 5.41) is 0. The molecule has 0 amide bonds. The van der Waals surface area contributed by atoms with Crippen molar-refractivity contribution in [3.05, 3.63) is 11.6 Å². The van der Waals surface area contributed by atoms with E-state index in [1.165, 1.54) is 5.57 Å². The fraction of sp³-hybridized carbons (Fsp3) is 0.800. The summed E-state index contributed by atoms with van der Waals surface area (Å²) in [5.41, 5.74) is 1.47. The van der Waals surface area contributed by atoms with Crippen LogP contribution in [0.1, 0.15) is 40.5 Å². The largest absolute Gasteiger partial charge is 0.368 e. The van der Waals surface area contributed by atoms with E-state index < -0.39 is 0 Å². The van der Waals surface area contributed by atoms with Gasteiger partial charge in [0.2, 0.25) is 0 Å². The molecule has 0 saturated carbocycles. The second-order valence-corrected chi connectivity index (χ2v) is 3.79. The Morgan fingerprint density at radius 2 is 2.36 bits per heavy atom. The van der Waals surface area contributed by atoms with E-state index >= 15 is 0 Å². The summed E-state index contributed by atoms with van der Waals surface area (Å²) >= 11 is 0. The SMILES string of the molecule is CCC1(C)C=C(C)CC(C)O1. The Bertz CT molecular complexity index is 172. The van der Waals surface area contributed by atoms with Crippen molar-refractivity contribution in [3.63, 3.8) is 0 Å². The zero-order chi connectivity index (χ0) is 8.48. The molecule has 0 radical (unpaired) electrons. The lowest BCUT2D eigenvalue weighted by molar-refractivity contribution is -0.0551. The predicted molar refractivity (Wildman–Crippen MR) is 47.6 cm³/mol. The maximum Gasteiger partial charge on any atom is 0.0838 e. The Kier molecular flexibility index (Phi) is 2.38. The minimum absolute atomic E-state index is 0.00174. The molecule has 0 spiro atoms. The van der Waals surface area contributed by atoms with Gasteiger partial charge in [0.15, 0.2) is 0 Å². The number of rotatable bonds is 1. The van der Waals surface area contributed by atoms with Crippen LogP contribution in [0.25, 0.3) is 0 Å². The van der Waals surface area contributed by atoms with Crippen molar-refractivity contribution in [2.75, 3.05) is 0 Å². The van der Waals surface area contributed by atoms with Crippen LogP contribution in [0.15, 0.2) is 11.6 Å². The summed E-state index contributed by atoms with van der Waals surface area (Å²) in [5.74, 6) is 0. The fourth-order valence-electron chi connectivity index (χ4n) is 1.75. The van der Waals surface area contributed by atoms with Gasteiger partial charge in [0.1, 0.15) is 0 Å². The minimum Gasteiger partial charge on any atom is -0.368 e. The third-order valence-electron chi connectivity index (χ3n) is 2.33. The molecule has 1 heterocycles. The summed E-state index contributed by atoms with van der Waals surface area (Å²) < 4.78 is 5.82. The maximum atomic E-state index is 5.82. The van der Waals surface area contributed by atoms with Crippen LogP contribution in [0.2, 0.25) is 0 Å². The van der Waals surface area contributed by atoms with Gasteiger partial charge >= 0.3 is 0 Å². The summed E-state index contributed by atoms with van der Waals surface area (Å²) in [6.07, 6.45) is 4.81. The van der Waals surface area contributed by atoms with Crippen LogP contribution in [0.3, 0.4) is 0 Å². The summed E-state index contributed by atoms with van der Waals surface area (Å²) in [6.45, 7) is 8.66. The van der Waals surface area contributed by atoms with Gasteiger partial charge in [-0.2, -0.15) is 0 Å². The first-order chi connectivity index (χ1) is 5.06. The Balaban J connectivity index is 2.76. The molecule has 11 heavy (non-hydrogen) atoms. The van der Waals surface area contributed by atoms with Gasteiger partial charge in [-0.05, 0) is 33.6 Å². The van der Waals surface area contributed by atoms with Crippen LogP contribution >= 0.6 is 0 Å². The third-order valence-corrected chi connectivity index (χ3v) is 2.33. The highest BCUT2D eigenvalue weighted by atomic mass is 16.5. The molecule has 2 unspecified atom stereocenters. The molecule has 0 aromatic carbocycles. The molecule has 1 rings (SSSR count). The minimum atomic E-state index is 0.00174.